The fourth-order valence-electron chi connectivity index (χ4n) is 2.82. The lowest BCUT2D eigenvalue weighted by Crippen LogP contribution is -2.28. The first-order chi connectivity index (χ1) is 14.5. The zero-order chi connectivity index (χ0) is 21.1. The molecule has 152 valence electrons. The van der Waals surface area contributed by atoms with Crippen LogP contribution in [-0.4, -0.2) is 28.2 Å². The maximum Gasteiger partial charge on any atom is 0.267 e. The molecule has 1 aliphatic rings. The number of aromatic hydroxyl groups is 1. The predicted molar refractivity (Wildman–Crippen MR) is 126 cm³/mol. The van der Waals surface area contributed by atoms with Crippen LogP contribution in [-0.2, 0) is 11.3 Å². The third-order valence-corrected chi connectivity index (χ3v) is 6.22. The van der Waals surface area contributed by atoms with E-state index < -0.39 is 0 Å². The second kappa shape index (κ2) is 8.97. The minimum absolute atomic E-state index is 0.147. The monoisotopic (exact) mass is 532 g/mol. The number of ether oxygens (including phenoxy) is 1. The average molecular weight is 532 g/mol. The fraction of sp³-hybridized carbons (Fsp3) is 0.0909. The number of carbonyl (C=O) groups is 1. The molecule has 0 spiro atoms. The molecule has 0 unspecified atom stereocenters. The third-order valence-electron chi connectivity index (χ3n) is 4.35. The van der Waals surface area contributed by atoms with Crippen LogP contribution in [0.3, 0.4) is 0 Å². The molecular formula is C22H17IN2O4S. The van der Waals surface area contributed by atoms with Gasteiger partial charge in [0.2, 0.25) is 0 Å². The molecule has 1 N–H and O–H groups in total. The first-order valence-electron chi connectivity index (χ1n) is 8.98. The molecule has 0 bridgehead atoms. The summed E-state index contributed by atoms with van der Waals surface area (Å²) in [5, 5.41) is 10.3. The van der Waals surface area contributed by atoms with Crippen molar-refractivity contribution in [3.05, 3.63) is 80.7 Å². The van der Waals surface area contributed by atoms with Crippen LogP contribution in [0, 0.1) is 3.57 Å². The van der Waals surface area contributed by atoms with Crippen molar-refractivity contribution in [1.82, 2.24) is 4.90 Å². The molecular weight excluding hydrogens is 515 g/mol. The summed E-state index contributed by atoms with van der Waals surface area (Å²) in [6.45, 7) is 0.290. The van der Waals surface area contributed by atoms with Crippen molar-refractivity contribution in [2.75, 3.05) is 7.11 Å². The number of hydrogen-bond donors (Lipinski definition) is 1. The van der Waals surface area contributed by atoms with Gasteiger partial charge < -0.3 is 14.3 Å². The lowest BCUT2D eigenvalue weighted by Gasteiger charge is -2.13. The number of phenols is 1. The van der Waals surface area contributed by atoms with Crippen LogP contribution in [0.4, 0.5) is 5.69 Å². The van der Waals surface area contributed by atoms with Gasteiger partial charge >= 0.3 is 0 Å². The van der Waals surface area contributed by atoms with E-state index in [1.165, 1.54) is 11.8 Å². The van der Waals surface area contributed by atoms with Crippen LogP contribution in [0.25, 0.3) is 6.08 Å². The molecule has 0 aliphatic carbocycles. The number of nitrogens with zero attached hydrogens (tertiary/aromatic N) is 2. The molecule has 2 aromatic carbocycles. The first-order valence-corrected chi connectivity index (χ1v) is 10.9. The molecule has 2 heterocycles. The van der Waals surface area contributed by atoms with Crippen LogP contribution in [0.5, 0.6) is 11.5 Å². The van der Waals surface area contributed by atoms with E-state index in [9.17, 15) is 9.90 Å². The molecule has 1 aromatic heterocycles. The fourth-order valence-corrected chi connectivity index (χ4v) is 4.36. The van der Waals surface area contributed by atoms with E-state index in [2.05, 4.69) is 27.6 Å². The second-order valence-electron chi connectivity index (χ2n) is 6.38. The Balaban J connectivity index is 1.68. The van der Waals surface area contributed by atoms with Crippen LogP contribution in [0.1, 0.15) is 11.3 Å². The van der Waals surface area contributed by atoms with E-state index in [0.29, 0.717) is 15.8 Å². The largest absolute Gasteiger partial charge is 0.507 e. The molecule has 1 fully saturated rings. The number of amidine groups is 1. The summed E-state index contributed by atoms with van der Waals surface area (Å²) in [5.74, 6) is 1.48. The van der Waals surface area contributed by atoms with Crippen LogP contribution in [0.15, 0.2) is 75.2 Å². The van der Waals surface area contributed by atoms with Crippen molar-refractivity contribution in [3.8, 4) is 11.5 Å². The number of rotatable bonds is 5. The average Bonchev–Trinajstić information content (AvgIpc) is 3.36. The van der Waals surface area contributed by atoms with Gasteiger partial charge in [-0.15, -0.1) is 0 Å². The van der Waals surface area contributed by atoms with Crippen molar-refractivity contribution in [3.63, 3.8) is 0 Å². The summed E-state index contributed by atoms with van der Waals surface area (Å²) in [6.07, 6.45) is 3.39. The van der Waals surface area contributed by atoms with E-state index in [-0.39, 0.29) is 18.2 Å². The van der Waals surface area contributed by atoms with Gasteiger partial charge in [0.1, 0.15) is 17.3 Å². The van der Waals surface area contributed by atoms with Gasteiger partial charge in [0, 0.05) is 0 Å². The lowest BCUT2D eigenvalue weighted by atomic mass is 10.2. The van der Waals surface area contributed by atoms with Crippen molar-refractivity contribution < 1.29 is 19.1 Å². The number of benzene rings is 2. The Kier molecular flexibility index (Phi) is 6.14. The van der Waals surface area contributed by atoms with E-state index in [4.69, 9.17) is 9.15 Å². The summed E-state index contributed by atoms with van der Waals surface area (Å²) >= 11 is 3.37. The lowest BCUT2D eigenvalue weighted by molar-refractivity contribution is -0.122. The van der Waals surface area contributed by atoms with Gasteiger partial charge in [0.15, 0.2) is 5.17 Å². The van der Waals surface area contributed by atoms with Crippen molar-refractivity contribution in [1.29, 1.82) is 0 Å². The molecule has 6 nitrogen and oxygen atoms in total. The highest BCUT2D eigenvalue weighted by molar-refractivity contribution is 14.1. The highest BCUT2D eigenvalue weighted by Crippen LogP contribution is 2.36. The Morgan fingerprint density at radius 2 is 2.03 bits per heavy atom. The number of methoxy groups -OCH3 is 1. The summed E-state index contributed by atoms with van der Waals surface area (Å²) in [6, 6.07) is 16.2. The van der Waals surface area contributed by atoms with E-state index in [1.54, 1.807) is 42.5 Å². The van der Waals surface area contributed by atoms with Gasteiger partial charge in [-0.05, 0) is 94.5 Å². The van der Waals surface area contributed by atoms with Crippen molar-refractivity contribution in [2.45, 2.75) is 6.54 Å². The van der Waals surface area contributed by atoms with E-state index in [1.807, 2.05) is 36.4 Å². The molecule has 1 amide bonds. The van der Waals surface area contributed by atoms with Crippen molar-refractivity contribution in [2.24, 2.45) is 4.99 Å². The molecule has 0 atom stereocenters. The molecule has 1 saturated heterocycles. The standard InChI is InChI=1S/C22H17IN2O4S/c1-28-16-7-5-15(6-8-16)24-22-25(13-17-3-2-10-29-17)21(27)20(30-22)12-14-4-9-19(26)18(23)11-14/h2-12,26H,13H2,1H3/b20-12-,24-22?. The van der Waals surface area contributed by atoms with Crippen LogP contribution < -0.4 is 4.74 Å². The number of amides is 1. The summed E-state index contributed by atoms with van der Waals surface area (Å²) in [5.41, 5.74) is 1.55. The Bertz CT molecular complexity index is 1120. The SMILES string of the molecule is COc1ccc(N=C2S/C(=C\c3ccc(O)c(I)c3)C(=O)N2Cc2ccco2)cc1. The number of carbonyl (C=O) groups excluding carboxylic acids is 1. The molecule has 0 saturated carbocycles. The van der Waals surface area contributed by atoms with Gasteiger partial charge in [-0.2, -0.15) is 0 Å². The first kappa shape index (κ1) is 20.5. The summed E-state index contributed by atoms with van der Waals surface area (Å²) < 4.78 is 11.3. The van der Waals surface area contributed by atoms with Gasteiger partial charge in [-0.1, -0.05) is 6.07 Å². The van der Waals surface area contributed by atoms with E-state index >= 15 is 0 Å². The minimum atomic E-state index is -0.147. The Morgan fingerprint density at radius 1 is 1.23 bits per heavy atom. The molecule has 1 aliphatic heterocycles. The van der Waals surface area contributed by atoms with E-state index in [0.717, 1.165) is 20.6 Å². The van der Waals surface area contributed by atoms with Gasteiger partial charge in [0.05, 0.1) is 34.1 Å². The molecule has 3 aromatic rings. The Hall–Kier alpha value is -2.72. The number of halogens is 1. The van der Waals surface area contributed by atoms with Crippen molar-refractivity contribution >= 4 is 57.2 Å². The normalized spacial score (nSPS) is 16.6. The summed E-state index contributed by atoms with van der Waals surface area (Å²) in [7, 11) is 1.61. The van der Waals surface area contributed by atoms with Crippen LogP contribution >= 0.6 is 34.4 Å². The number of phenolic OH excluding ortho intramolecular Hbond substituents is 1. The van der Waals surface area contributed by atoms with Crippen LogP contribution in [0.2, 0.25) is 0 Å². The Morgan fingerprint density at radius 3 is 2.70 bits per heavy atom. The zero-order valence-electron chi connectivity index (χ0n) is 15.9. The molecule has 30 heavy (non-hydrogen) atoms. The van der Waals surface area contributed by atoms with Gasteiger partial charge in [0.25, 0.3) is 5.91 Å². The maximum absolute atomic E-state index is 13.1. The second-order valence-corrected chi connectivity index (χ2v) is 8.56. The highest BCUT2D eigenvalue weighted by Gasteiger charge is 2.34. The van der Waals surface area contributed by atoms with Gasteiger partial charge in [-0.25, -0.2) is 4.99 Å². The third kappa shape index (κ3) is 4.54. The Labute approximate surface area is 191 Å². The van der Waals surface area contributed by atoms with Gasteiger partial charge in [-0.3, -0.25) is 9.69 Å². The molecule has 8 heteroatoms. The zero-order valence-corrected chi connectivity index (χ0v) is 18.9. The quantitative estimate of drug-likeness (QED) is 0.352. The number of hydrogen-bond acceptors (Lipinski definition) is 6. The molecule has 0 radical (unpaired) electrons. The smallest absolute Gasteiger partial charge is 0.267 e. The molecule has 4 rings (SSSR count). The maximum atomic E-state index is 13.1. The predicted octanol–water partition coefficient (Wildman–Crippen LogP) is 5.40. The minimum Gasteiger partial charge on any atom is -0.507 e. The number of thioether (sulfide) groups is 1. The highest BCUT2D eigenvalue weighted by atomic mass is 127. The topological polar surface area (TPSA) is 75.3 Å². The number of furan rings is 1. The summed E-state index contributed by atoms with van der Waals surface area (Å²) in [4.78, 5) is 20.0. The number of aliphatic imine (C=N–C) groups is 1.